The van der Waals surface area contributed by atoms with Gasteiger partial charge in [0, 0.05) is 6.42 Å². The summed E-state index contributed by atoms with van der Waals surface area (Å²) < 4.78 is 14.0. The molecule has 0 bridgehead atoms. The second-order valence-electron chi connectivity index (χ2n) is 5.16. The van der Waals surface area contributed by atoms with E-state index in [0.29, 0.717) is 0 Å². The summed E-state index contributed by atoms with van der Waals surface area (Å²) in [4.78, 5) is 34.6. The van der Waals surface area contributed by atoms with Gasteiger partial charge in [0.1, 0.15) is 17.6 Å². The topological polar surface area (TPSA) is 115 Å². The number of nitriles is 1. The fraction of sp³-hybridized carbons (Fsp3) is 0.692. The fourth-order valence-corrected chi connectivity index (χ4v) is 1.39. The van der Waals surface area contributed by atoms with Gasteiger partial charge < -0.3 is 19.5 Å². The Kier molecular flexibility index (Phi) is 7.21. The maximum atomic E-state index is 11.7. The van der Waals surface area contributed by atoms with E-state index in [4.69, 9.17) is 10.00 Å². The first-order chi connectivity index (χ1) is 9.64. The van der Waals surface area contributed by atoms with Gasteiger partial charge in [0.15, 0.2) is 0 Å². The number of alkyl carbamates (subject to hydrolysis) is 1. The molecule has 0 aromatic heterocycles. The fourth-order valence-electron chi connectivity index (χ4n) is 1.39. The highest BCUT2D eigenvalue weighted by Gasteiger charge is 2.31. The van der Waals surface area contributed by atoms with Gasteiger partial charge in [-0.3, -0.25) is 4.79 Å². The third-order valence-corrected chi connectivity index (χ3v) is 2.29. The molecule has 0 spiro atoms. The van der Waals surface area contributed by atoms with Crippen molar-refractivity contribution in [1.29, 1.82) is 5.26 Å². The molecule has 0 aliphatic carbocycles. The van der Waals surface area contributed by atoms with Crippen molar-refractivity contribution >= 4 is 18.0 Å². The van der Waals surface area contributed by atoms with Crippen LogP contribution < -0.4 is 5.32 Å². The summed E-state index contributed by atoms with van der Waals surface area (Å²) in [6.45, 7) is 4.98. The number of ether oxygens (including phenoxy) is 3. The van der Waals surface area contributed by atoms with Crippen LogP contribution in [0.25, 0.3) is 0 Å². The van der Waals surface area contributed by atoms with Gasteiger partial charge in [-0.1, -0.05) is 0 Å². The lowest BCUT2D eigenvalue weighted by molar-refractivity contribution is -0.146. The zero-order valence-corrected chi connectivity index (χ0v) is 12.8. The van der Waals surface area contributed by atoms with Crippen molar-refractivity contribution in [1.82, 2.24) is 5.32 Å². The molecule has 0 aromatic rings. The van der Waals surface area contributed by atoms with Crippen LogP contribution in [0.5, 0.6) is 0 Å². The van der Waals surface area contributed by atoms with E-state index in [2.05, 4.69) is 14.8 Å². The van der Waals surface area contributed by atoms with Crippen LogP contribution in [0.15, 0.2) is 0 Å². The van der Waals surface area contributed by atoms with Gasteiger partial charge in [-0.15, -0.1) is 0 Å². The molecular formula is C13H20N2O6. The number of hydrogen-bond donors (Lipinski definition) is 1. The maximum Gasteiger partial charge on any atom is 0.408 e. The van der Waals surface area contributed by atoms with Crippen LogP contribution in [0.3, 0.4) is 0 Å². The monoisotopic (exact) mass is 300 g/mol. The Labute approximate surface area is 123 Å². The van der Waals surface area contributed by atoms with E-state index in [9.17, 15) is 14.4 Å². The number of hydrogen-bond acceptors (Lipinski definition) is 7. The number of nitrogens with zero attached hydrogens (tertiary/aromatic N) is 1. The zero-order valence-electron chi connectivity index (χ0n) is 12.8. The molecule has 0 fully saturated rings. The SMILES string of the molecule is COC(=O)C(C#N)C[C@@H](NC(=O)OC(C)(C)C)C(=O)OC. The molecule has 0 heterocycles. The number of nitrogens with one attached hydrogen (secondary N) is 1. The van der Waals surface area contributed by atoms with E-state index >= 15 is 0 Å². The van der Waals surface area contributed by atoms with Crippen molar-refractivity contribution in [3.8, 4) is 6.07 Å². The molecule has 1 N–H and O–H groups in total. The normalized spacial score (nSPS) is 13.3. The van der Waals surface area contributed by atoms with Crippen LogP contribution in [0.4, 0.5) is 4.79 Å². The molecular weight excluding hydrogens is 280 g/mol. The minimum absolute atomic E-state index is 0.269. The quantitative estimate of drug-likeness (QED) is 0.588. The van der Waals surface area contributed by atoms with Gasteiger partial charge in [0.05, 0.1) is 20.3 Å². The molecule has 0 saturated carbocycles. The first-order valence-corrected chi connectivity index (χ1v) is 6.19. The molecule has 2 atom stereocenters. The molecule has 8 nitrogen and oxygen atoms in total. The second-order valence-corrected chi connectivity index (χ2v) is 5.16. The summed E-state index contributed by atoms with van der Waals surface area (Å²) in [5.74, 6) is -2.78. The van der Waals surface area contributed by atoms with Crippen molar-refractivity contribution in [3.63, 3.8) is 0 Å². The number of esters is 2. The number of carbonyl (C=O) groups excluding carboxylic acids is 3. The highest BCUT2D eigenvalue weighted by atomic mass is 16.6. The van der Waals surface area contributed by atoms with Crippen LogP contribution in [-0.4, -0.2) is 43.9 Å². The lowest BCUT2D eigenvalue weighted by atomic mass is 10.0. The van der Waals surface area contributed by atoms with Gasteiger partial charge in [0.25, 0.3) is 0 Å². The standard InChI is InChI=1S/C13H20N2O6/c1-13(2,3)21-12(18)15-9(11(17)20-5)6-8(7-14)10(16)19-4/h8-9H,6H2,1-5H3,(H,15,18)/t8?,9-/m1/s1. The van der Waals surface area contributed by atoms with Crippen LogP contribution >= 0.6 is 0 Å². The van der Waals surface area contributed by atoms with Gasteiger partial charge in [-0.25, -0.2) is 9.59 Å². The highest BCUT2D eigenvalue weighted by Crippen LogP contribution is 2.11. The lowest BCUT2D eigenvalue weighted by Gasteiger charge is -2.23. The average Bonchev–Trinajstić information content (AvgIpc) is 2.39. The Morgan fingerprint density at radius 3 is 2.05 bits per heavy atom. The van der Waals surface area contributed by atoms with Crippen molar-refractivity contribution in [2.45, 2.75) is 38.8 Å². The van der Waals surface area contributed by atoms with E-state index in [1.807, 2.05) is 0 Å². The zero-order chi connectivity index (χ0) is 16.6. The molecule has 0 rings (SSSR count). The minimum atomic E-state index is -1.20. The summed E-state index contributed by atoms with van der Waals surface area (Å²) in [6.07, 6.45) is -1.12. The minimum Gasteiger partial charge on any atom is -0.468 e. The van der Waals surface area contributed by atoms with Gasteiger partial charge >= 0.3 is 18.0 Å². The Hall–Kier alpha value is -2.30. The second kappa shape index (κ2) is 8.09. The van der Waals surface area contributed by atoms with E-state index in [-0.39, 0.29) is 6.42 Å². The molecule has 0 aromatic carbocycles. The molecule has 118 valence electrons. The Morgan fingerprint density at radius 2 is 1.67 bits per heavy atom. The maximum absolute atomic E-state index is 11.7. The summed E-state index contributed by atoms with van der Waals surface area (Å²) in [5, 5.41) is 11.2. The van der Waals surface area contributed by atoms with Crippen LogP contribution in [0, 0.1) is 17.2 Å². The molecule has 8 heteroatoms. The molecule has 0 radical (unpaired) electrons. The number of amides is 1. The Morgan fingerprint density at radius 1 is 1.14 bits per heavy atom. The Bertz CT molecular complexity index is 435. The van der Waals surface area contributed by atoms with E-state index in [1.54, 1.807) is 26.8 Å². The molecule has 1 unspecified atom stereocenters. The summed E-state index contributed by atoms with van der Waals surface area (Å²) in [7, 11) is 2.26. The molecule has 0 aliphatic rings. The number of rotatable bonds is 5. The van der Waals surface area contributed by atoms with Gasteiger partial charge in [-0.2, -0.15) is 5.26 Å². The van der Waals surface area contributed by atoms with E-state index in [0.717, 1.165) is 14.2 Å². The third kappa shape index (κ3) is 7.15. The smallest absolute Gasteiger partial charge is 0.408 e. The van der Waals surface area contributed by atoms with Crippen LogP contribution in [0.1, 0.15) is 27.2 Å². The van der Waals surface area contributed by atoms with Crippen molar-refractivity contribution in [2.75, 3.05) is 14.2 Å². The Balaban J connectivity index is 4.90. The highest BCUT2D eigenvalue weighted by molar-refractivity contribution is 5.83. The van der Waals surface area contributed by atoms with Crippen LogP contribution in [-0.2, 0) is 23.8 Å². The molecule has 21 heavy (non-hydrogen) atoms. The van der Waals surface area contributed by atoms with E-state index < -0.39 is 35.6 Å². The van der Waals surface area contributed by atoms with E-state index in [1.165, 1.54) is 0 Å². The number of carbonyl (C=O) groups is 3. The summed E-state index contributed by atoms with van der Waals surface area (Å²) in [5.41, 5.74) is -0.748. The van der Waals surface area contributed by atoms with Crippen LogP contribution in [0.2, 0.25) is 0 Å². The third-order valence-electron chi connectivity index (χ3n) is 2.29. The molecule has 0 saturated heterocycles. The predicted molar refractivity (Wildman–Crippen MR) is 70.9 cm³/mol. The molecule has 0 aliphatic heterocycles. The first kappa shape index (κ1) is 18.7. The van der Waals surface area contributed by atoms with Gasteiger partial charge in [-0.05, 0) is 20.8 Å². The average molecular weight is 300 g/mol. The number of methoxy groups -OCH3 is 2. The summed E-state index contributed by atoms with van der Waals surface area (Å²) in [6, 6.07) is 0.523. The largest absolute Gasteiger partial charge is 0.468 e. The van der Waals surface area contributed by atoms with Crippen molar-refractivity contribution in [3.05, 3.63) is 0 Å². The van der Waals surface area contributed by atoms with Crippen molar-refractivity contribution in [2.24, 2.45) is 5.92 Å². The predicted octanol–water partition coefficient (Wildman–Crippen LogP) is 0.756. The summed E-state index contributed by atoms with van der Waals surface area (Å²) >= 11 is 0. The van der Waals surface area contributed by atoms with Crippen molar-refractivity contribution < 1.29 is 28.6 Å². The lowest BCUT2D eigenvalue weighted by Crippen LogP contribution is -2.45. The van der Waals surface area contributed by atoms with Gasteiger partial charge in [0.2, 0.25) is 0 Å². The first-order valence-electron chi connectivity index (χ1n) is 6.19. The molecule has 1 amide bonds.